The minimum absolute atomic E-state index is 0.0172. The van der Waals surface area contributed by atoms with Gasteiger partial charge in [0, 0.05) is 0 Å². The zero-order valence-electron chi connectivity index (χ0n) is 10.8. The van der Waals surface area contributed by atoms with Gasteiger partial charge in [0.25, 0.3) is 0 Å². The molecule has 0 unspecified atom stereocenters. The Bertz CT molecular complexity index is 858. The molecule has 0 bridgehead atoms. The summed E-state index contributed by atoms with van der Waals surface area (Å²) in [5.41, 5.74) is 9.20. The fraction of sp³-hybridized carbons (Fsp3) is 0.0667. The lowest BCUT2D eigenvalue weighted by Gasteiger charge is -2.07. The maximum atomic E-state index is 13.4. The molecule has 0 aliphatic rings. The van der Waals surface area contributed by atoms with Gasteiger partial charge in [-0.1, -0.05) is 6.07 Å². The highest BCUT2D eigenvalue weighted by Crippen LogP contribution is 2.25. The largest absolute Gasteiger partial charge is 0.369 e. The number of aryl methyl sites for hydroxylation is 1. The lowest BCUT2D eigenvalue weighted by molar-refractivity contribution is 0.623. The molecule has 5 heteroatoms. The number of rotatable bonds is 1. The average molecular weight is 266 g/mol. The first-order valence-corrected chi connectivity index (χ1v) is 6.05. The molecule has 0 aliphatic carbocycles. The molecule has 0 atom stereocenters. The second-order valence-corrected chi connectivity index (χ2v) is 4.57. The topological polar surface area (TPSA) is 67.6 Å². The number of benzene rings is 2. The molecule has 3 aromatic rings. The smallest absolute Gasteiger partial charge is 0.205 e. The van der Waals surface area contributed by atoms with Crippen LogP contribution in [0.4, 0.5) is 10.3 Å². The van der Waals surface area contributed by atoms with Crippen molar-refractivity contribution in [2.45, 2.75) is 6.92 Å². The molecule has 4 nitrogen and oxygen atoms in total. The Morgan fingerprint density at radius 1 is 1.25 bits per heavy atom. The SMILES string of the molecule is Cc1ccc2nc(N)n(-c3ccc(F)c(C#N)c3)c2c1. The van der Waals surface area contributed by atoms with Gasteiger partial charge in [0.05, 0.1) is 22.3 Å². The van der Waals surface area contributed by atoms with Crippen LogP contribution in [0, 0.1) is 24.1 Å². The minimum Gasteiger partial charge on any atom is -0.369 e. The van der Waals surface area contributed by atoms with Crippen molar-refractivity contribution in [3.63, 3.8) is 0 Å². The summed E-state index contributed by atoms with van der Waals surface area (Å²) in [4.78, 5) is 4.27. The molecule has 0 saturated heterocycles. The van der Waals surface area contributed by atoms with Crippen molar-refractivity contribution < 1.29 is 4.39 Å². The zero-order valence-corrected chi connectivity index (χ0v) is 10.8. The van der Waals surface area contributed by atoms with Crippen molar-refractivity contribution in [2.75, 3.05) is 5.73 Å². The van der Waals surface area contributed by atoms with Gasteiger partial charge in [0.2, 0.25) is 5.95 Å². The predicted octanol–water partition coefficient (Wildman–Crippen LogP) is 2.93. The van der Waals surface area contributed by atoms with Crippen LogP contribution >= 0.6 is 0 Å². The molecular formula is C15H11FN4. The number of hydrogen-bond donors (Lipinski definition) is 1. The number of nitrogens with zero attached hydrogens (tertiary/aromatic N) is 3. The quantitative estimate of drug-likeness (QED) is 0.736. The van der Waals surface area contributed by atoms with Gasteiger partial charge in [-0.05, 0) is 42.8 Å². The van der Waals surface area contributed by atoms with Crippen LogP contribution in [0.2, 0.25) is 0 Å². The van der Waals surface area contributed by atoms with Crippen molar-refractivity contribution in [3.8, 4) is 11.8 Å². The number of anilines is 1. The molecule has 1 heterocycles. The highest BCUT2D eigenvalue weighted by molar-refractivity contribution is 5.81. The molecule has 2 N–H and O–H groups in total. The normalized spacial score (nSPS) is 10.7. The molecule has 0 saturated carbocycles. The molecule has 3 rings (SSSR count). The third-order valence-electron chi connectivity index (χ3n) is 3.16. The fourth-order valence-corrected chi connectivity index (χ4v) is 2.21. The van der Waals surface area contributed by atoms with E-state index < -0.39 is 5.82 Å². The molecule has 0 aliphatic heterocycles. The number of aromatic nitrogens is 2. The molecule has 98 valence electrons. The van der Waals surface area contributed by atoms with E-state index in [9.17, 15) is 4.39 Å². The number of hydrogen-bond acceptors (Lipinski definition) is 3. The van der Waals surface area contributed by atoms with Crippen molar-refractivity contribution in [3.05, 3.63) is 53.3 Å². The summed E-state index contributed by atoms with van der Waals surface area (Å²) in [5, 5.41) is 8.92. The van der Waals surface area contributed by atoms with Crippen LogP contribution in [0.5, 0.6) is 0 Å². The summed E-state index contributed by atoms with van der Waals surface area (Å²) in [6.07, 6.45) is 0. The van der Waals surface area contributed by atoms with Crippen molar-refractivity contribution in [2.24, 2.45) is 0 Å². The maximum absolute atomic E-state index is 13.4. The van der Waals surface area contributed by atoms with Crippen LogP contribution in [-0.4, -0.2) is 9.55 Å². The van der Waals surface area contributed by atoms with Gasteiger partial charge in [-0.3, -0.25) is 4.57 Å². The van der Waals surface area contributed by atoms with E-state index in [4.69, 9.17) is 11.0 Å². The molecular weight excluding hydrogens is 255 g/mol. The lowest BCUT2D eigenvalue weighted by atomic mass is 10.2. The van der Waals surface area contributed by atoms with Crippen LogP contribution in [0.1, 0.15) is 11.1 Å². The van der Waals surface area contributed by atoms with E-state index in [1.807, 2.05) is 31.2 Å². The summed E-state index contributed by atoms with van der Waals surface area (Å²) in [7, 11) is 0. The van der Waals surface area contributed by atoms with Gasteiger partial charge in [-0.25, -0.2) is 9.37 Å². The van der Waals surface area contributed by atoms with Crippen LogP contribution < -0.4 is 5.73 Å². The summed E-state index contributed by atoms with van der Waals surface area (Å²) in [6.45, 7) is 1.97. The Kier molecular flexibility index (Phi) is 2.65. The second-order valence-electron chi connectivity index (χ2n) is 4.57. The van der Waals surface area contributed by atoms with Gasteiger partial charge >= 0.3 is 0 Å². The van der Waals surface area contributed by atoms with Gasteiger partial charge in [0.15, 0.2) is 0 Å². The Labute approximate surface area is 114 Å². The van der Waals surface area contributed by atoms with Crippen LogP contribution in [0.3, 0.4) is 0 Å². The Balaban J connectivity index is 2.32. The van der Waals surface area contributed by atoms with Crippen LogP contribution in [0.15, 0.2) is 36.4 Å². The minimum atomic E-state index is -0.546. The molecule has 0 amide bonds. The van der Waals surface area contributed by atoms with Gasteiger partial charge in [0.1, 0.15) is 11.9 Å². The molecule has 20 heavy (non-hydrogen) atoms. The maximum Gasteiger partial charge on any atom is 0.205 e. The van der Waals surface area contributed by atoms with Gasteiger partial charge in [-0.15, -0.1) is 0 Å². The van der Waals surface area contributed by atoms with Crippen molar-refractivity contribution in [1.82, 2.24) is 9.55 Å². The fourth-order valence-electron chi connectivity index (χ4n) is 2.21. The van der Waals surface area contributed by atoms with E-state index in [1.165, 1.54) is 12.1 Å². The highest BCUT2D eigenvalue weighted by atomic mass is 19.1. The lowest BCUT2D eigenvalue weighted by Crippen LogP contribution is -2.01. The number of nitrogen functional groups attached to an aromatic ring is 1. The first-order chi connectivity index (χ1) is 9.60. The summed E-state index contributed by atoms with van der Waals surface area (Å²) >= 11 is 0. The van der Waals surface area contributed by atoms with Crippen molar-refractivity contribution in [1.29, 1.82) is 5.26 Å². The number of fused-ring (bicyclic) bond motifs is 1. The summed E-state index contributed by atoms with van der Waals surface area (Å²) in [5.74, 6) is -0.239. The number of nitrogens with two attached hydrogens (primary N) is 1. The summed E-state index contributed by atoms with van der Waals surface area (Å²) < 4.78 is 15.1. The first-order valence-electron chi connectivity index (χ1n) is 6.05. The zero-order chi connectivity index (χ0) is 14.3. The average Bonchev–Trinajstić information content (AvgIpc) is 2.75. The third-order valence-corrected chi connectivity index (χ3v) is 3.16. The number of imidazole rings is 1. The molecule has 0 radical (unpaired) electrons. The van der Waals surface area contributed by atoms with E-state index in [-0.39, 0.29) is 5.56 Å². The van der Waals surface area contributed by atoms with E-state index in [1.54, 1.807) is 10.6 Å². The monoisotopic (exact) mass is 266 g/mol. The van der Waals surface area contributed by atoms with Gasteiger partial charge in [-0.2, -0.15) is 5.26 Å². The highest BCUT2D eigenvalue weighted by Gasteiger charge is 2.12. The van der Waals surface area contributed by atoms with Crippen LogP contribution in [-0.2, 0) is 0 Å². The van der Waals surface area contributed by atoms with Gasteiger partial charge < -0.3 is 5.73 Å². The third kappa shape index (κ3) is 1.79. The van der Waals surface area contributed by atoms with E-state index >= 15 is 0 Å². The van der Waals surface area contributed by atoms with E-state index in [0.29, 0.717) is 11.6 Å². The molecule has 0 fully saturated rings. The van der Waals surface area contributed by atoms with E-state index in [0.717, 1.165) is 16.6 Å². The molecule has 0 spiro atoms. The number of nitriles is 1. The molecule has 2 aromatic carbocycles. The first kappa shape index (κ1) is 12.2. The number of halogens is 1. The Morgan fingerprint density at radius 3 is 2.80 bits per heavy atom. The Morgan fingerprint density at radius 2 is 2.05 bits per heavy atom. The standard InChI is InChI=1S/C15H11FN4/c1-9-2-5-13-14(6-9)20(15(18)19-13)11-3-4-12(16)10(7-11)8-17/h2-7H,1H3,(H2,18,19). The van der Waals surface area contributed by atoms with Crippen molar-refractivity contribution >= 4 is 17.0 Å². The Hall–Kier alpha value is -2.87. The molecule has 1 aromatic heterocycles. The summed E-state index contributed by atoms with van der Waals surface area (Å²) in [6, 6.07) is 11.9. The van der Waals surface area contributed by atoms with E-state index in [2.05, 4.69) is 4.98 Å². The predicted molar refractivity (Wildman–Crippen MR) is 74.9 cm³/mol. The van der Waals surface area contributed by atoms with Crippen LogP contribution in [0.25, 0.3) is 16.7 Å². The second kappa shape index (κ2) is 4.35.